The van der Waals surface area contributed by atoms with Gasteiger partial charge in [0.25, 0.3) is 16.8 Å². The zero-order chi connectivity index (χ0) is 33.6. The van der Waals surface area contributed by atoms with Crippen molar-refractivity contribution in [2.24, 2.45) is 11.2 Å². The number of hydrogen-bond donors (Lipinski definition) is 1. The number of carbonyl (C=O) groups is 2. The van der Waals surface area contributed by atoms with Crippen LogP contribution < -0.4 is 4.72 Å². The minimum Gasteiger partial charge on any atom is -0.569 e. The lowest BCUT2D eigenvalue weighted by molar-refractivity contribution is -0.714. The highest BCUT2D eigenvalue weighted by atomic mass is 32.2. The Morgan fingerprint density at radius 3 is 2.33 bits per heavy atom. The molecule has 18 heteroatoms. The molecule has 0 radical (unpaired) electrons. The van der Waals surface area contributed by atoms with Gasteiger partial charge in [-0.3, -0.25) is 4.79 Å². The summed E-state index contributed by atoms with van der Waals surface area (Å²) in [7, 11) is -4.41. The predicted octanol–water partition coefficient (Wildman–Crippen LogP) is 4.71. The number of hydrazine groups is 1. The van der Waals surface area contributed by atoms with Crippen molar-refractivity contribution in [3.8, 4) is 16.9 Å². The molecule has 3 aromatic rings. The monoisotopic (exact) mass is 668 g/mol. The van der Waals surface area contributed by atoms with Crippen molar-refractivity contribution < 1.29 is 50.5 Å². The first-order valence-electron chi connectivity index (χ1n) is 13.9. The molecular formula is C28H31F3N6O8S. The summed E-state index contributed by atoms with van der Waals surface area (Å²) < 4.78 is 79.0. The molecule has 0 aliphatic carbocycles. The van der Waals surface area contributed by atoms with Crippen LogP contribution in [0.1, 0.15) is 37.9 Å². The number of benzene rings is 2. The van der Waals surface area contributed by atoms with Gasteiger partial charge in [0.05, 0.1) is 40.3 Å². The third kappa shape index (κ3) is 8.64. The van der Waals surface area contributed by atoms with Gasteiger partial charge in [0.1, 0.15) is 6.10 Å². The highest BCUT2D eigenvalue weighted by Gasteiger charge is 2.35. The second-order valence-electron chi connectivity index (χ2n) is 10.5. The van der Waals surface area contributed by atoms with Gasteiger partial charge in [-0.25, -0.2) is 22.6 Å². The van der Waals surface area contributed by atoms with E-state index in [1.807, 2.05) is 6.92 Å². The van der Waals surface area contributed by atoms with Crippen LogP contribution in [-0.4, -0.2) is 66.2 Å². The summed E-state index contributed by atoms with van der Waals surface area (Å²) in [5, 5.41) is 20.3. The van der Waals surface area contributed by atoms with Crippen molar-refractivity contribution in [1.82, 2.24) is 19.5 Å². The smallest absolute Gasteiger partial charge is 0.435 e. The lowest BCUT2D eigenvalue weighted by atomic mass is 10.1. The lowest BCUT2D eigenvalue weighted by Gasteiger charge is -2.27. The highest BCUT2D eigenvalue weighted by Crippen LogP contribution is 2.33. The average molecular weight is 669 g/mol. The van der Waals surface area contributed by atoms with Crippen LogP contribution in [0, 0.1) is 18.0 Å². The first-order chi connectivity index (χ1) is 21.6. The van der Waals surface area contributed by atoms with E-state index >= 15 is 0 Å². The van der Waals surface area contributed by atoms with Crippen molar-refractivity contribution in [3.05, 3.63) is 71.1 Å². The molecule has 0 saturated carbocycles. The molecule has 2 aromatic carbocycles. The standard InChI is InChI=1S/C28H31F3N6O8S/c1-18(2)26(38)43-17-44-34-37(40)35-14-12-22(13-15-35)45-27(39)33-46(41,42)23-10-8-21(9-11-23)36-24(16-25(32-36)28(29,30)31)20-6-4-19(3)5-7-20/h4-11,16,18,22H,12-15,17H2,1-3H3,(H,33,39)/b37-34+. The van der Waals surface area contributed by atoms with E-state index in [4.69, 9.17) is 9.47 Å². The topological polar surface area (TPSA) is 167 Å². The van der Waals surface area contributed by atoms with Crippen molar-refractivity contribution >= 4 is 22.1 Å². The van der Waals surface area contributed by atoms with Crippen LogP contribution in [0.25, 0.3) is 16.9 Å². The number of sulfonamides is 1. The van der Waals surface area contributed by atoms with Crippen molar-refractivity contribution in [2.75, 3.05) is 19.9 Å². The van der Waals surface area contributed by atoms with Crippen LogP contribution in [0.15, 0.2) is 64.8 Å². The number of esters is 1. The maximum atomic E-state index is 13.5. The Morgan fingerprint density at radius 2 is 1.74 bits per heavy atom. The first-order valence-corrected chi connectivity index (χ1v) is 15.4. The van der Waals surface area contributed by atoms with Gasteiger partial charge in [-0.1, -0.05) is 43.7 Å². The maximum Gasteiger partial charge on any atom is 0.435 e. The summed E-state index contributed by atoms with van der Waals surface area (Å²) in [6, 6.07) is 12.5. The molecule has 248 valence electrons. The molecule has 14 nitrogen and oxygen atoms in total. The second kappa shape index (κ2) is 14.1. The van der Waals surface area contributed by atoms with E-state index in [2.05, 4.69) is 15.2 Å². The van der Waals surface area contributed by atoms with Crippen LogP contribution >= 0.6 is 0 Å². The lowest BCUT2D eigenvalue weighted by Crippen LogP contribution is -2.43. The molecule has 0 atom stereocenters. The zero-order valence-corrected chi connectivity index (χ0v) is 25.7. The highest BCUT2D eigenvalue weighted by molar-refractivity contribution is 7.90. The number of hydrogen-bond acceptors (Lipinski definition) is 10. The predicted molar refractivity (Wildman–Crippen MR) is 153 cm³/mol. The Hall–Kier alpha value is -4.87. The summed E-state index contributed by atoms with van der Waals surface area (Å²) in [6.45, 7) is 4.76. The van der Waals surface area contributed by atoms with E-state index in [1.165, 1.54) is 17.1 Å². The second-order valence-corrected chi connectivity index (χ2v) is 12.2. The molecule has 1 aliphatic heterocycles. The van der Waals surface area contributed by atoms with Gasteiger partial charge in [-0.15, -0.1) is 5.01 Å². The summed E-state index contributed by atoms with van der Waals surface area (Å²) in [4.78, 5) is 28.3. The molecule has 2 heterocycles. The van der Waals surface area contributed by atoms with Gasteiger partial charge in [0.15, 0.2) is 5.69 Å². The number of aryl methyl sites for hydroxylation is 1. The number of rotatable bonds is 10. The molecule has 1 fully saturated rings. The van der Waals surface area contributed by atoms with E-state index in [-0.39, 0.29) is 53.1 Å². The summed E-state index contributed by atoms with van der Waals surface area (Å²) in [6.07, 6.45) is -6.32. The molecule has 0 spiro atoms. The maximum absolute atomic E-state index is 13.5. The first kappa shape index (κ1) is 34.0. The van der Waals surface area contributed by atoms with Crippen molar-refractivity contribution in [2.45, 2.75) is 50.8 Å². The number of piperidine rings is 1. The van der Waals surface area contributed by atoms with Crippen LogP contribution in [0.4, 0.5) is 18.0 Å². The number of carbonyl (C=O) groups excluding carboxylic acids is 2. The Balaban J connectivity index is 1.35. The Bertz CT molecular complexity index is 1670. The average Bonchev–Trinajstić information content (AvgIpc) is 3.46. The number of aromatic nitrogens is 2. The molecule has 1 saturated heterocycles. The number of halogens is 3. The van der Waals surface area contributed by atoms with E-state index in [1.54, 1.807) is 42.8 Å². The largest absolute Gasteiger partial charge is 0.569 e. The molecule has 1 amide bonds. The zero-order valence-electron chi connectivity index (χ0n) is 24.9. The summed E-state index contributed by atoms with van der Waals surface area (Å²) in [5.41, 5.74) is 0.553. The quantitative estimate of drug-likeness (QED) is 0.0798. The normalized spacial score (nSPS) is 14.7. The number of nitrogens with one attached hydrogen (secondary N) is 1. The van der Waals surface area contributed by atoms with E-state index in [0.29, 0.717) is 5.56 Å². The molecule has 0 bridgehead atoms. The van der Waals surface area contributed by atoms with Gasteiger partial charge < -0.3 is 19.5 Å². The molecule has 1 aliphatic rings. The number of nitrogens with zero attached hydrogens (tertiary/aromatic N) is 5. The molecule has 4 rings (SSSR count). The van der Waals surface area contributed by atoms with E-state index in [0.717, 1.165) is 28.4 Å². The Kier molecular flexibility index (Phi) is 10.4. The third-order valence-corrected chi connectivity index (χ3v) is 8.07. The van der Waals surface area contributed by atoms with Gasteiger partial charge >= 0.3 is 18.2 Å². The fourth-order valence-electron chi connectivity index (χ4n) is 4.26. The number of ether oxygens (including phenoxy) is 2. The minimum absolute atomic E-state index is 0.0996. The van der Waals surface area contributed by atoms with Crippen LogP contribution in [-0.2, 0) is 35.3 Å². The number of alkyl halides is 3. The van der Waals surface area contributed by atoms with Crippen molar-refractivity contribution in [1.29, 1.82) is 0 Å². The summed E-state index contributed by atoms with van der Waals surface area (Å²) in [5.74, 6) is -0.893. The molecule has 1 N–H and O–H groups in total. The van der Waals surface area contributed by atoms with Gasteiger partial charge in [-0.05, 0) is 37.3 Å². The van der Waals surface area contributed by atoms with E-state index < -0.39 is 46.9 Å². The molecule has 1 aromatic heterocycles. The summed E-state index contributed by atoms with van der Waals surface area (Å²) >= 11 is 0. The van der Waals surface area contributed by atoms with E-state index in [9.17, 15) is 36.4 Å². The Labute approximate surface area is 261 Å². The molecular weight excluding hydrogens is 637 g/mol. The van der Waals surface area contributed by atoms with Gasteiger partial charge in [-0.2, -0.15) is 18.3 Å². The minimum atomic E-state index is -4.71. The van der Waals surface area contributed by atoms with Gasteiger partial charge in [0, 0.05) is 18.4 Å². The fourth-order valence-corrected chi connectivity index (χ4v) is 5.14. The van der Waals surface area contributed by atoms with Gasteiger partial charge in [0.2, 0.25) is 5.28 Å². The van der Waals surface area contributed by atoms with Crippen LogP contribution in [0.3, 0.4) is 0 Å². The molecule has 0 unspecified atom stereocenters. The number of amides is 1. The third-order valence-electron chi connectivity index (χ3n) is 6.74. The van der Waals surface area contributed by atoms with Crippen LogP contribution in [0.5, 0.6) is 0 Å². The Morgan fingerprint density at radius 1 is 1.11 bits per heavy atom. The van der Waals surface area contributed by atoms with Crippen molar-refractivity contribution in [3.63, 3.8) is 0 Å². The molecule has 46 heavy (non-hydrogen) atoms. The van der Waals surface area contributed by atoms with Crippen LogP contribution in [0.2, 0.25) is 0 Å². The SMILES string of the molecule is Cc1ccc(-c2cc(C(F)(F)F)nn2-c2ccc(S(=O)(=O)NC(=O)OC3CCN(/[N+]([O-])=N\OCOC(=O)C(C)C)CC3)cc2)cc1. The fraction of sp³-hybridized carbons (Fsp3) is 0.393.